The van der Waals surface area contributed by atoms with E-state index < -0.39 is 0 Å². The first-order valence-electron chi connectivity index (χ1n) is 14.6. The molecule has 1 fully saturated rings. The number of anilines is 2. The van der Waals surface area contributed by atoms with Crippen molar-refractivity contribution < 1.29 is 18.7 Å². The number of carbonyl (C=O) groups excluding carboxylic acids is 2. The van der Waals surface area contributed by atoms with Crippen LogP contribution in [0.1, 0.15) is 65.3 Å². The zero-order valence-electron chi connectivity index (χ0n) is 23.7. The van der Waals surface area contributed by atoms with Gasteiger partial charge in [0.1, 0.15) is 17.1 Å². The van der Waals surface area contributed by atoms with Crippen LogP contribution in [0.25, 0.3) is 0 Å². The van der Waals surface area contributed by atoms with E-state index in [0.29, 0.717) is 43.8 Å². The summed E-state index contributed by atoms with van der Waals surface area (Å²) in [6.07, 6.45) is 9.96. The minimum atomic E-state index is -0.229. The number of hydrogen-bond donors (Lipinski definition) is 0. The Balaban J connectivity index is 1.36. The SMILES string of the molecule is CC(=O)n1ccc(N2CCOCCc3cc(C(=O)N4CCCCC4)cnc32)c/c1=N/CCCCc1ccc(F)cc1. The highest BCUT2D eigenvalue weighted by Crippen LogP contribution is 2.28. The molecule has 9 heteroatoms. The van der Waals surface area contributed by atoms with Crippen molar-refractivity contribution in [2.75, 3.05) is 44.3 Å². The van der Waals surface area contributed by atoms with Crippen molar-refractivity contribution in [1.29, 1.82) is 0 Å². The lowest BCUT2D eigenvalue weighted by molar-refractivity contribution is 0.0723. The summed E-state index contributed by atoms with van der Waals surface area (Å²) in [5, 5.41) is 0. The smallest absolute Gasteiger partial charge is 0.255 e. The Labute approximate surface area is 240 Å². The van der Waals surface area contributed by atoms with Crippen LogP contribution in [-0.4, -0.2) is 65.7 Å². The maximum atomic E-state index is 13.2. The molecule has 1 amide bonds. The van der Waals surface area contributed by atoms with Crippen LogP contribution in [0.3, 0.4) is 0 Å². The molecule has 1 saturated heterocycles. The van der Waals surface area contributed by atoms with E-state index in [1.54, 1.807) is 17.0 Å². The maximum absolute atomic E-state index is 13.2. The number of rotatable bonds is 7. The molecule has 0 unspecified atom stereocenters. The lowest BCUT2D eigenvalue weighted by Crippen LogP contribution is -2.36. The van der Waals surface area contributed by atoms with E-state index in [0.717, 1.165) is 67.8 Å². The highest BCUT2D eigenvalue weighted by molar-refractivity contribution is 5.94. The number of pyridine rings is 2. The van der Waals surface area contributed by atoms with Gasteiger partial charge in [-0.15, -0.1) is 0 Å². The second-order valence-corrected chi connectivity index (χ2v) is 10.7. The average Bonchev–Trinajstić information content (AvgIpc) is 2.98. The molecule has 2 aliphatic heterocycles. The van der Waals surface area contributed by atoms with Gasteiger partial charge in [0.25, 0.3) is 5.91 Å². The molecule has 1 aromatic carbocycles. The van der Waals surface area contributed by atoms with Gasteiger partial charge in [0.2, 0.25) is 5.91 Å². The number of unbranched alkanes of at least 4 members (excludes halogenated alkanes) is 1. The normalized spacial score (nSPS) is 16.2. The Morgan fingerprint density at radius 2 is 1.80 bits per heavy atom. The van der Waals surface area contributed by atoms with Gasteiger partial charge in [0.15, 0.2) is 0 Å². The van der Waals surface area contributed by atoms with Crippen molar-refractivity contribution in [3.8, 4) is 0 Å². The molecule has 41 heavy (non-hydrogen) atoms. The third-order valence-corrected chi connectivity index (χ3v) is 7.69. The second kappa shape index (κ2) is 13.7. The minimum Gasteiger partial charge on any atom is -0.379 e. The Morgan fingerprint density at radius 1 is 1.00 bits per heavy atom. The zero-order valence-corrected chi connectivity index (χ0v) is 23.7. The molecule has 0 saturated carbocycles. The van der Waals surface area contributed by atoms with Gasteiger partial charge in [-0.2, -0.15) is 0 Å². The number of hydrogen-bond acceptors (Lipinski definition) is 6. The van der Waals surface area contributed by atoms with Crippen molar-refractivity contribution >= 4 is 23.3 Å². The fourth-order valence-corrected chi connectivity index (χ4v) is 5.44. The van der Waals surface area contributed by atoms with Crippen molar-refractivity contribution in [3.05, 3.63) is 82.9 Å². The standard InChI is InChI=1S/C32H38FN5O3/c1-24(39)37-17-12-29(22-30(37)34-14-4-3-7-25-8-10-28(33)11-9-25)38-18-20-41-19-13-26-21-27(23-35-31(26)38)32(40)36-15-5-2-6-16-36/h8-12,17,21-23H,2-7,13-16,18-20H2,1H3/b34-30-. The molecule has 2 aliphatic rings. The number of fused-ring (bicyclic) bond motifs is 1. The van der Waals surface area contributed by atoms with Gasteiger partial charge < -0.3 is 14.5 Å². The average molecular weight is 560 g/mol. The molecule has 0 N–H and O–H groups in total. The Morgan fingerprint density at radius 3 is 2.59 bits per heavy atom. The van der Waals surface area contributed by atoms with Crippen molar-refractivity contribution in [1.82, 2.24) is 14.5 Å². The van der Waals surface area contributed by atoms with Crippen LogP contribution >= 0.6 is 0 Å². The van der Waals surface area contributed by atoms with Gasteiger partial charge in [-0.3, -0.25) is 19.1 Å². The molecule has 8 nitrogen and oxygen atoms in total. The third kappa shape index (κ3) is 7.27. The lowest BCUT2D eigenvalue weighted by atomic mass is 10.1. The van der Waals surface area contributed by atoms with Crippen LogP contribution in [0.5, 0.6) is 0 Å². The molecule has 5 rings (SSSR count). The summed E-state index contributed by atoms with van der Waals surface area (Å²) in [5.41, 5.74) is 4.12. The quantitative estimate of drug-likeness (QED) is 0.383. The predicted octanol–water partition coefficient (Wildman–Crippen LogP) is 4.94. The van der Waals surface area contributed by atoms with Gasteiger partial charge in [0, 0.05) is 57.3 Å². The number of benzene rings is 1. The van der Waals surface area contributed by atoms with Gasteiger partial charge in [0.05, 0.1) is 18.8 Å². The van der Waals surface area contributed by atoms with E-state index in [2.05, 4.69) is 4.90 Å². The first-order chi connectivity index (χ1) is 20.0. The largest absolute Gasteiger partial charge is 0.379 e. The van der Waals surface area contributed by atoms with Gasteiger partial charge in [-0.25, -0.2) is 9.37 Å². The summed E-state index contributed by atoms with van der Waals surface area (Å²) in [6, 6.07) is 12.4. The molecular formula is C32H38FN5O3. The van der Waals surface area contributed by atoms with Crippen LogP contribution in [0.2, 0.25) is 0 Å². The summed E-state index contributed by atoms with van der Waals surface area (Å²) >= 11 is 0. The van der Waals surface area contributed by atoms with E-state index in [4.69, 9.17) is 14.7 Å². The number of ether oxygens (including phenoxy) is 1. The number of carbonyl (C=O) groups is 2. The molecular weight excluding hydrogens is 521 g/mol. The van der Waals surface area contributed by atoms with Crippen LogP contribution in [0, 0.1) is 5.82 Å². The summed E-state index contributed by atoms with van der Waals surface area (Å²) < 4.78 is 20.6. The first kappa shape index (κ1) is 28.7. The number of aromatic nitrogens is 2. The first-order valence-corrected chi connectivity index (χ1v) is 14.6. The molecule has 0 radical (unpaired) electrons. The summed E-state index contributed by atoms with van der Waals surface area (Å²) in [4.78, 5) is 39.1. The summed E-state index contributed by atoms with van der Waals surface area (Å²) in [6.45, 7) is 5.37. The van der Waals surface area contributed by atoms with Crippen LogP contribution < -0.4 is 10.4 Å². The Bertz CT molecular complexity index is 1430. The molecule has 2 aromatic heterocycles. The fourth-order valence-electron chi connectivity index (χ4n) is 5.44. The van der Waals surface area contributed by atoms with Crippen LogP contribution in [0.15, 0.2) is 59.9 Å². The molecule has 4 heterocycles. The van der Waals surface area contributed by atoms with Gasteiger partial charge in [-0.1, -0.05) is 12.1 Å². The van der Waals surface area contributed by atoms with Crippen molar-refractivity contribution in [3.63, 3.8) is 0 Å². The lowest BCUT2D eigenvalue weighted by Gasteiger charge is -2.30. The van der Waals surface area contributed by atoms with Crippen LogP contribution in [-0.2, 0) is 17.6 Å². The Hall–Kier alpha value is -3.85. The molecule has 0 aliphatic carbocycles. The van der Waals surface area contributed by atoms with E-state index in [1.165, 1.54) is 25.5 Å². The number of piperidine rings is 1. The van der Waals surface area contributed by atoms with Gasteiger partial charge in [-0.05, 0) is 80.3 Å². The topological polar surface area (TPSA) is 80.0 Å². The maximum Gasteiger partial charge on any atom is 0.255 e. The summed E-state index contributed by atoms with van der Waals surface area (Å²) in [5.74, 6) is 0.497. The van der Waals surface area contributed by atoms with Gasteiger partial charge >= 0.3 is 0 Å². The minimum absolute atomic E-state index is 0.0391. The number of halogens is 1. The zero-order chi connectivity index (χ0) is 28.6. The third-order valence-electron chi connectivity index (χ3n) is 7.69. The number of nitrogens with zero attached hydrogens (tertiary/aromatic N) is 5. The highest BCUT2D eigenvalue weighted by Gasteiger charge is 2.23. The molecule has 0 bridgehead atoms. The number of amides is 1. The molecule has 0 atom stereocenters. The van der Waals surface area contributed by atoms with Crippen molar-refractivity contribution in [2.45, 2.75) is 51.9 Å². The van der Waals surface area contributed by atoms with Crippen LogP contribution in [0.4, 0.5) is 15.9 Å². The van der Waals surface area contributed by atoms with E-state index >= 15 is 0 Å². The van der Waals surface area contributed by atoms with E-state index in [-0.39, 0.29) is 17.6 Å². The summed E-state index contributed by atoms with van der Waals surface area (Å²) in [7, 11) is 0. The number of aryl methyl sites for hydroxylation is 1. The molecule has 216 valence electrons. The Kier molecular flexibility index (Phi) is 9.56. The van der Waals surface area contributed by atoms with E-state index in [1.807, 2.05) is 35.2 Å². The monoisotopic (exact) mass is 559 g/mol. The highest BCUT2D eigenvalue weighted by atomic mass is 19.1. The number of likely N-dealkylation sites (tertiary alicyclic amines) is 1. The predicted molar refractivity (Wildman–Crippen MR) is 156 cm³/mol. The molecule has 0 spiro atoms. The second-order valence-electron chi connectivity index (χ2n) is 10.7. The van der Waals surface area contributed by atoms with E-state index in [9.17, 15) is 14.0 Å². The fraction of sp³-hybridized carbons (Fsp3) is 0.438. The molecule has 3 aromatic rings. The van der Waals surface area contributed by atoms with Crippen molar-refractivity contribution in [2.24, 2.45) is 4.99 Å².